The second-order valence-corrected chi connectivity index (χ2v) is 4.68. The lowest BCUT2D eigenvalue weighted by Crippen LogP contribution is -2.19. The average molecular weight is 299 g/mol. The second-order valence-electron chi connectivity index (χ2n) is 4.34. The molecule has 0 fully saturated rings. The number of fused-ring (bicyclic) bond motifs is 1. The Hall–Kier alpha value is -2.65. The minimum atomic E-state index is 0.139. The SMILES string of the molecule is N#CCCN(c1ccccc1)c1nc(Cl)nc2[nH]ncc12. The van der Waals surface area contributed by atoms with Crippen LogP contribution in [0.1, 0.15) is 6.42 Å². The number of anilines is 2. The van der Waals surface area contributed by atoms with Gasteiger partial charge in [-0.2, -0.15) is 20.3 Å². The number of hydrogen-bond acceptors (Lipinski definition) is 5. The number of aromatic nitrogens is 4. The zero-order chi connectivity index (χ0) is 14.7. The van der Waals surface area contributed by atoms with Gasteiger partial charge in [0.25, 0.3) is 0 Å². The summed E-state index contributed by atoms with van der Waals surface area (Å²) in [4.78, 5) is 10.4. The van der Waals surface area contributed by atoms with Crippen LogP contribution >= 0.6 is 11.6 Å². The van der Waals surface area contributed by atoms with E-state index in [1.807, 2.05) is 35.2 Å². The highest BCUT2D eigenvalue weighted by molar-refractivity contribution is 6.28. The quantitative estimate of drug-likeness (QED) is 0.749. The Morgan fingerprint density at radius 3 is 2.81 bits per heavy atom. The molecular weight excluding hydrogens is 288 g/mol. The van der Waals surface area contributed by atoms with Crippen molar-refractivity contribution in [2.24, 2.45) is 0 Å². The monoisotopic (exact) mass is 298 g/mol. The summed E-state index contributed by atoms with van der Waals surface area (Å²) in [5.41, 5.74) is 1.51. The maximum Gasteiger partial charge on any atom is 0.226 e. The van der Waals surface area contributed by atoms with Crippen molar-refractivity contribution in [1.29, 1.82) is 5.26 Å². The van der Waals surface area contributed by atoms with Gasteiger partial charge in [0.05, 0.1) is 24.1 Å². The number of rotatable bonds is 4. The topological polar surface area (TPSA) is 81.5 Å². The predicted octanol–water partition coefficient (Wildman–Crippen LogP) is 3.06. The van der Waals surface area contributed by atoms with Gasteiger partial charge in [0.2, 0.25) is 5.28 Å². The van der Waals surface area contributed by atoms with Gasteiger partial charge in [-0.05, 0) is 23.7 Å². The standard InChI is InChI=1S/C14H11ClN6/c15-14-18-12-11(9-17-20-12)13(19-14)21(8-4-7-16)10-5-2-1-3-6-10/h1-3,5-6,9H,4,8H2,(H,17,18,19,20). The van der Waals surface area contributed by atoms with E-state index in [9.17, 15) is 0 Å². The first-order valence-corrected chi connectivity index (χ1v) is 6.73. The molecule has 2 heterocycles. The summed E-state index contributed by atoms with van der Waals surface area (Å²) in [5.74, 6) is 0.639. The van der Waals surface area contributed by atoms with E-state index in [0.717, 1.165) is 11.1 Å². The van der Waals surface area contributed by atoms with Crippen LogP contribution in [0, 0.1) is 11.3 Å². The van der Waals surface area contributed by atoms with Gasteiger partial charge < -0.3 is 4.90 Å². The van der Waals surface area contributed by atoms with Crippen molar-refractivity contribution >= 4 is 34.1 Å². The van der Waals surface area contributed by atoms with Gasteiger partial charge in [0, 0.05) is 12.2 Å². The molecule has 0 aliphatic rings. The zero-order valence-electron chi connectivity index (χ0n) is 11.0. The predicted molar refractivity (Wildman–Crippen MR) is 80.4 cm³/mol. The average Bonchev–Trinajstić information content (AvgIpc) is 2.96. The lowest BCUT2D eigenvalue weighted by molar-refractivity contribution is 0.928. The number of hydrogen-bond donors (Lipinski definition) is 1. The molecule has 0 aliphatic carbocycles. The number of halogens is 1. The van der Waals surface area contributed by atoms with E-state index in [1.165, 1.54) is 0 Å². The second kappa shape index (κ2) is 5.77. The largest absolute Gasteiger partial charge is 0.325 e. The molecule has 104 valence electrons. The van der Waals surface area contributed by atoms with Gasteiger partial charge in [-0.1, -0.05) is 18.2 Å². The smallest absolute Gasteiger partial charge is 0.226 e. The van der Waals surface area contributed by atoms with E-state index in [0.29, 0.717) is 24.4 Å². The first-order valence-electron chi connectivity index (χ1n) is 6.36. The summed E-state index contributed by atoms with van der Waals surface area (Å²) in [5, 5.41) is 16.6. The maximum absolute atomic E-state index is 8.88. The Morgan fingerprint density at radius 2 is 2.05 bits per heavy atom. The zero-order valence-corrected chi connectivity index (χ0v) is 11.7. The van der Waals surface area contributed by atoms with Gasteiger partial charge in [0.1, 0.15) is 5.82 Å². The minimum Gasteiger partial charge on any atom is -0.325 e. The molecule has 0 amide bonds. The van der Waals surface area contributed by atoms with Crippen LogP contribution in [0.25, 0.3) is 11.0 Å². The van der Waals surface area contributed by atoms with Crippen LogP contribution in [0.2, 0.25) is 5.28 Å². The van der Waals surface area contributed by atoms with Crippen molar-refractivity contribution in [2.75, 3.05) is 11.4 Å². The third kappa shape index (κ3) is 2.64. The van der Waals surface area contributed by atoms with E-state index in [2.05, 4.69) is 26.2 Å². The molecule has 1 aromatic carbocycles. The van der Waals surface area contributed by atoms with Crippen LogP contribution in [0.3, 0.4) is 0 Å². The fourth-order valence-electron chi connectivity index (χ4n) is 2.13. The molecule has 0 saturated heterocycles. The Morgan fingerprint density at radius 1 is 1.24 bits per heavy atom. The molecule has 2 aromatic heterocycles. The van der Waals surface area contributed by atoms with Crippen LogP contribution in [0.4, 0.5) is 11.5 Å². The number of H-pyrrole nitrogens is 1. The van der Waals surface area contributed by atoms with Crippen molar-refractivity contribution in [3.8, 4) is 6.07 Å². The van der Waals surface area contributed by atoms with E-state index >= 15 is 0 Å². The Bertz CT molecular complexity index is 792. The van der Waals surface area contributed by atoms with E-state index in [4.69, 9.17) is 16.9 Å². The summed E-state index contributed by atoms with van der Waals surface area (Å²) < 4.78 is 0. The third-order valence-electron chi connectivity index (χ3n) is 3.03. The molecule has 1 N–H and O–H groups in total. The number of nitriles is 1. The summed E-state index contributed by atoms with van der Waals surface area (Å²) >= 11 is 5.98. The number of para-hydroxylation sites is 1. The molecule has 0 radical (unpaired) electrons. The molecular formula is C14H11ClN6. The number of benzene rings is 1. The maximum atomic E-state index is 8.88. The van der Waals surface area contributed by atoms with Crippen LogP contribution in [-0.4, -0.2) is 26.7 Å². The highest BCUT2D eigenvalue weighted by Gasteiger charge is 2.16. The first-order chi connectivity index (χ1) is 10.3. The molecule has 0 bridgehead atoms. The Labute approximate surface area is 126 Å². The van der Waals surface area contributed by atoms with Crippen LogP contribution in [0.5, 0.6) is 0 Å². The summed E-state index contributed by atoms with van der Waals surface area (Å²) in [6.45, 7) is 0.508. The molecule has 21 heavy (non-hydrogen) atoms. The van der Waals surface area contributed by atoms with E-state index in [-0.39, 0.29) is 5.28 Å². The lowest BCUT2D eigenvalue weighted by Gasteiger charge is -2.23. The van der Waals surface area contributed by atoms with E-state index in [1.54, 1.807) is 6.20 Å². The third-order valence-corrected chi connectivity index (χ3v) is 3.20. The molecule has 7 heteroatoms. The molecule has 6 nitrogen and oxygen atoms in total. The fraction of sp³-hybridized carbons (Fsp3) is 0.143. The van der Waals surface area contributed by atoms with Crippen molar-refractivity contribution in [3.63, 3.8) is 0 Å². The van der Waals surface area contributed by atoms with Gasteiger partial charge in [-0.25, -0.2) is 0 Å². The highest BCUT2D eigenvalue weighted by Crippen LogP contribution is 2.30. The molecule has 0 aliphatic heterocycles. The van der Waals surface area contributed by atoms with Crippen LogP contribution < -0.4 is 4.90 Å². The summed E-state index contributed by atoms with van der Waals surface area (Å²) in [6, 6.07) is 11.9. The van der Waals surface area contributed by atoms with Crippen LogP contribution in [-0.2, 0) is 0 Å². The fourth-order valence-corrected chi connectivity index (χ4v) is 2.29. The first kappa shape index (κ1) is 13.3. The van der Waals surface area contributed by atoms with Gasteiger partial charge in [0.15, 0.2) is 5.65 Å². The Kier molecular flexibility index (Phi) is 3.67. The van der Waals surface area contributed by atoms with Crippen molar-refractivity contribution < 1.29 is 0 Å². The molecule has 0 saturated carbocycles. The van der Waals surface area contributed by atoms with Crippen molar-refractivity contribution in [3.05, 3.63) is 41.8 Å². The van der Waals surface area contributed by atoms with Gasteiger partial charge in [-0.3, -0.25) is 5.10 Å². The number of nitrogens with zero attached hydrogens (tertiary/aromatic N) is 5. The summed E-state index contributed by atoms with van der Waals surface area (Å²) in [7, 11) is 0. The van der Waals surface area contributed by atoms with Crippen molar-refractivity contribution in [1.82, 2.24) is 20.2 Å². The van der Waals surface area contributed by atoms with E-state index < -0.39 is 0 Å². The van der Waals surface area contributed by atoms with Crippen LogP contribution in [0.15, 0.2) is 36.5 Å². The van der Waals surface area contributed by atoms with Crippen molar-refractivity contribution in [2.45, 2.75) is 6.42 Å². The molecule has 3 rings (SSSR count). The lowest BCUT2D eigenvalue weighted by atomic mass is 10.2. The highest BCUT2D eigenvalue weighted by atomic mass is 35.5. The number of nitrogens with one attached hydrogen (secondary N) is 1. The normalized spacial score (nSPS) is 10.5. The van der Waals surface area contributed by atoms with Gasteiger partial charge in [-0.15, -0.1) is 0 Å². The molecule has 0 atom stereocenters. The molecule has 0 spiro atoms. The Balaban J connectivity index is 2.14. The number of aromatic amines is 1. The molecule has 0 unspecified atom stereocenters. The summed E-state index contributed by atoms with van der Waals surface area (Å²) in [6.07, 6.45) is 2.03. The van der Waals surface area contributed by atoms with Gasteiger partial charge >= 0.3 is 0 Å². The minimum absolute atomic E-state index is 0.139. The molecule has 3 aromatic rings.